The van der Waals surface area contributed by atoms with E-state index in [9.17, 15) is 9.90 Å². The summed E-state index contributed by atoms with van der Waals surface area (Å²) in [5.41, 5.74) is 0.331. The van der Waals surface area contributed by atoms with E-state index in [-0.39, 0.29) is 17.9 Å². The van der Waals surface area contributed by atoms with Crippen LogP contribution in [0.1, 0.15) is 5.56 Å². The van der Waals surface area contributed by atoms with Gasteiger partial charge in [-0.05, 0) is 5.56 Å². The molecule has 0 unspecified atom stereocenters. The van der Waals surface area contributed by atoms with Gasteiger partial charge in [0.15, 0.2) is 0 Å². The Balaban J connectivity index is 3.15. The second kappa shape index (κ2) is 5.17. The molecule has 1 rings (SSSR count). The Kier molecular flexibility index (Phi) is 3.88. The summed E-state index contributed by atoms with van der Waals surface area (Å²) >= 11 is 0. The molecule has 0 amide bonds. The fourth-order valence-corrected chi connectivity index (χ4v) is 1.23. The van der Waals surface area contributed by atoms with Crippen LogP contribution < -0.4 is 0 Å². The van der Waals surface area contributed by atoms with Gasteiger partial charge in [0.2, 0.25) is 0 Å². The molecule has 0 radical (unpaired) electrons. The molecule has 0 spiro atoms. The maximum atomic E-state index is 10.9. The van der Waals surface area contributed by atoms with Crippen molar-refractivity contribution in [2.75, 3.05) is 13.7 Å². The summed E-state index contributed by atoms with van der Waals surface area (Å²) in [4.78, 5) is 10.9. The molecule has 4 heteroatoms. The summed E-state index contributed by atoms with van der Waals surface area (Å²) in [7, 11) is 1.39. The van der Waals surface area contributed by atoms with Crippen molar-refractivity contribution in [3.8, 4) is 0 Å². The van der Waals surface area contributed by atoms with Crippen LogP contribution in [0.5, 0.6) is 0 Å². The summed E-state index contributed by atoms with van der Waals surface area (Å²) in [6, 6.07) is 8.43. The Bertz CT molecular complexity index is 367. The highest BCUT2D eigenvalue weighted by Crippen LogP contribution is 2.17. The standard InChI is InChI=1S/C11H12O4/c1-15-7-9(12)10(11(13)14)8-5-3-2-4-6-8/h2-6,12H,7H2,1H3,(H,13,14). The van der Waals surface area contributed by atoms with Gasteiger partial charge in [-0.2, -0.15) is 0 Å². The predicted molar refractivity (Wildman–Crippen MR) is 55.5 cm³/mol. The number of hydrogen-bond acceptors (Lipinski definition) is 3. The zero-order valence-corrected chi connectivity index (χ0v) is 8.30. The van der Waals surface area contributed by atoms with Crippen LogP contribution in [0.15, 0.2) is 36.1 Å². The number of carboxylic acid groups (broad SMARTS) is 1. The predicted octanol–water partition coefficient (Wildman–Crippen LogP) is 1.69. The third-order valence-corrected chi connectivity index (χ3v) is 1.85. The van der Waals surface area contributed by atoms with Crippen molar-refractivity contribution in [3.05, 3.63) is 41.7 Å². The van der Waals surface area contributed by atoms with Gasteiger partial charge in [-0.1, -0.05) is 30.3 Å². The van der Waals surface area contributed by atoms with Gasteiger partial charge in [0.25, 0.3) is 0 Å². The molecule has 0 aliphatic heterocycles. The lowest BCUT2D eigenvalue weighted by Gasteiger charge is -2.06. The Morgan fingerprint density at radius 1 is 1.27 bits per heavy atom. The van der Waals surface area contributed by atoms with Gasteiger partial charge in [0.05, 0.1) is 0 Å². The second-order valence-corrected chi connectivity index (χ2v) is 2.93. The molecular weight excluding hydrogens is 196 g/mol. The van der Waals surface area contributed by atoms with Crippen LogP contribution in [0.25, 0.3) is 5.57 Å². The van der Waals surface area contributed by atoms with Gasteiger partial charge in [0.1, 0.15) is 17.9 Å². The number of hydrogen-bond donors (Lipinski definition) is 2. The second-order valence-electron chi connectivity index (χ2n) is 2.93. The molecule has 0 aliphatic rings. The molecule has 0 aliphatic carbocycles. The van der Waals surface area contributed by atoms with Crippen LogP contribution in [0.3, 0.4) is 0 Å². The first kappa shape index (κ1) is 11.3. The fraction of sp³-hybridized carbons (Fsp3) is 0.182. The van der Waals surface area contributed by atoms with Crippen LogP contribution >= 0.6 is 0 Å². The van der Waals surface area contributed by atoms with Crippen molar-refractivity contribution < 1.29 is 19.7 Å². The third-order valence-electron chi connectivity index (χ3n) is 1.85. The normalized spacial score (nSPS) is 12.1. The van der Waals surface area contributed by atoms with E-state index in [0.29, 0.717) is 5.56 Å². The van der Waals surface area contributed by atoms with E-state index in [1.807, 2.05) is 0 Å². The van der Waals surface area contributed by atoms with Gasteiger partial charge in [-0.15, -0.1) is 0 Å². The summed E-state index contributed by atoms with van der Waals surface area (Å²) in [5, 5.41) is 18.5. The molecule has 80 valence electrons. The molecule has 0 bridgehead atoms. The number of aliphatic carboxylic acids is 1. The highest BCUT2D eigenvalue weighted by atomic mass is 16.5. The maximum absolute atomic E-state index is 10.9. The first-order chi connectivity index (χ1) is 7.16. The molecule has 1 aromatic carbocycles. The van der Waals surface area contributed by atoms with Gasteiger partial charge < -0.3 is 14.9 Å². The van der Waals surface area contributed by atoms with Crippen molar-refractivity contribution in [1.82, 2.24) is 0 Å². The van der Waals surface area contributed by atoms with E-state index < -0.39 is 5.97 Å². The lowest BCUT2D eigenvalue weighted by molar-refractivity contribution is -0.130. The topological polar surface area (TPSA) is 66.8 Å². The maximum Gasteiger partial charge on any atom is 0.339 e. The Labute approximate surface area is 87.4 Å². The van der Waals surface area contributed by atoms with E-state index >= 15 is 0 Å². The number of benzene rings is 1. The molecule has 2 N–H and O–H groups in total. The molecular formula is C11H12O4. The molecule has 0 saturated carbocycles. The number of rotatable bonds is 4. The van der Waals surface area contributed by atoms with Crippen LogP contribution in [0.4, 0.5) is 0 Å². The SMILES string of the molecule is COCC(O)=C(C(=O)O)c1ccccc1. The van der Waals surface area contributed by atoms with Gasteiger partial charge in [0, 0.05) is 7.11 Å². The average Bonchev–Trinajstić information content (AvgIpc) is 2.19. The van der Waals surface area contributed by atoms with Gasteiger partial charge in [-0.25, -0.2) is 4.79 Å². The van der Waals surface area contributed by atoms with E-state index in [2.05, 4.69) is 4.74 Å². The van der Waals surface area contributed by atoms with Gasteiger partial charge >= 0.3 is 5.97 Å². The first-order valence-electron chi connectivity index (χ1n) is 4.36. The molecule has 4 nitrogen and oxygen atoms in total. The molecule has 0 aromatic heterocycles. The highest BCUT2D eigenvalue weighted by molar-refractivity contribution is 6.16. The molecule has 0 atom stereocenters. The monoisotopic (exact) mass is 208 g/mol. The van der Waals surface area contributed by atoms with E-state index in [1.165, 1.54) is 7.11 Å². The number of aliphatic hydroxyl groups excluding tert-OH is 1. The number of carboxylic acids is 1. The quantitative estimate of drug-likeness (QED) is 0.583. The van der Waals surface area contributed by atoms with Crippen LogP contribution in [-0.2, 0) is 9.53 Å². The molecule has 0 fully saturated rings. The smallest absolute Gasteiger partial charge is 0.339 e. The number of carbonyl (C=O) groups is 1. The van der Waals surface area contributed by atoms with E-state index in [0.717, 1.165) is 0 Å². The van der Waals surface area contributed by atoms with Crippen molar-refractivity contribution in [2.45, 2.75) is 0 Å². The van der Waals surface area contributed by atoms with Crippen molar-refractivity contribution in [3.63, 3.8) is 0 Å². The van der Waals surface area contributed by atoms with E-state index in [4.69, 9.17) is 5.11 Å². The molecule has 15 heavy (non-hydrogen) atoms. The average molecular weight is 208 g/mol. The van der Waals surface area contributed by atoms with Crippen molar-refractivity contribution >= 4 is 11.5 Å². The molecule has 0 heterocycles. The minimum absolute atomic E-state index is 0.115. The molecule has 0 saturated heterocycles. The number of methoxy groups -OCH3 is 1. The van der Waals surface area contributed by atoms with Crippen molar-refractivity contribution in [1.29, 1.82) is 0 Å². The lowest BCUT2D eigenvalue weighted by Crippen LogP contribution is -2.07. The van der Waals surface area contributed by atoms with Crippen LogP contribution in [0, 0.1) is 0 Å². The number of ether oxygens (including phenoxy) is 1. The Hall–Kier alpha value is -1.81. The Morgan fingerprint density at radius 3 is 2.33 bits per heavy atom. The van der Waals surface area contributed by atoms with Crippen LogP contribution in [-0.4, -0.2) is 29.9 Å². The first-order valence-corrected chi connectivity index (χ1v) is 4.36. The van der Waals surface area contributed by atoms with E-state index in [1.54, 1.807) is 30.3 Å². The van der Waals surface area contributed by atoms with Crippen molar-refractivity contribution in [2.24, 2.45) is 0 Å². The highest BCUT2D eigenvalue weighted by Gasteiger charge is 2.15. The summed E-state index contributed by atoms with van der Waals surface area (Å²) in [5.74, 6) is -1.45. The number of aliphatic hydroxyl groups is 1. The minimum atomic E-state index is -1.17. The Morgan fingerprint density at radius 2 is 1.87 bits per heavy atom. The van der Waals surface area contributed by atoms with Gasteiger partial charge in [-0.3, -0.25) is 0 Å². The minimum Gasteiger partial charge on any atom is -0.509 e. The lowest BCUT2D eigenvalue weighted by atomic mass is 10.1. The third kappa shape index (κ3) is 2.82. The summed E-state index contributed by atoms with van der Waals surface area (Å²) in [6.45, 7) is -0.115. The van der Waals surface area contributed by atoms with Crippen LogP contribution in [0.2, 0.25) is 0 Å². The largest absolute Gasteiger partial charge is 0.509 e. The summed E-state index contributed by atoms with van der Waals surface area (Å²) in [6.07, 6.45) is 0. The zero-order chi connectivity index (χ0) is 11.3. The fourth-order valence-electron chi connectivity index (χ4n) is 1.23. The summed E-state index contributed by atoms with van der Waals surface area (Å²) < 4.78 is 4.69. The molecule has 1 aromatic rings. The zero-order valence-electron chi connectivity index (χ0n) is 8.30.